The van der Waals surface area contributed by atoms with Crippen molar-refractivity contribution in [3.63, 3.8) is 0 Å². The number of hydrogen-bond acceptors (Lipinski definition) is 5. The molecule has 3 heterocycles. The molecule has 0 saturated heterocycles. The molecule has 7 nitrogen and oxygen atoms in total. The monoisotopic (exact) mass is 339 g/mol. The van der Waals surface area contributed by atoms with Crippen molar-refractivity contribution in [2.75, 3.05) is 11.9 Å². The van der Waals surface area contributed by atoms with Gasteiger partial charge < -0.3 is 19.2 Å². The first-order valence-electron chi connectivity index (χ1n) is 7.95. The highest BCUT2D eigenvalue weighted by molar-refractivity contribution is 5.94. The molecule has 4 rings (SSSR count). The molecule has 0 spiro atoms. The van der Waals surface area contributed by atoms with Crippen LogP contribution in [0.3, 0.4) is 0 Å². The molecule has 0 radical (unpaired) electrons. The fraction of sp³-hybridized carbons (Fsp3) is 0.222. The molecule has 1 aliphatic rings. The molecular weight excluding hydrogens is 322 g/mol. The van der Waals surface area contributed by atoms with Crippen molar-refractivity contribution in [1.29, 1.82) is 0 Å². The highest BCUT2D eigenvalue weighted by Gasteiger charge is 2.28. The summed E-state index contributed by atoms with van der Waals surface area (Å²) in [6.45, 7) is 2.48. The number of para-hydroxylation sites is 2. The topological polar surface area (TPSA) is 78.5 Å². The highest BCUT2D eigenvalue weighted by Crippen LogP contribution is 2.31. The molecule has 1 aromatic carbocycles. The van der Waals surface area contributed by atoms with E-state index in [1.54, 1.807) is 23.0 Å². The van der Waals surface area contributed by atoms with Crippen LogP contribution in [-0.2, 0) is 11.3 Å². The lowest BCUT2D eigenvalue weighted by molar-refractivity contribution is -0.125. The lowest BCUT2D eigenvalue weighted by Gasteiger charge is -2.25. The van der Waals surface area contributed by atoms with Crippen molar-refractivity contribution < 1.29 is 18.7 Å². The smallest absolute Gasteiger partial charge is 0.270 e. The summed E-state index contributed by atoms with van der Waals surface area (Å²) < 4.78 is 18.5. The molecule has 0 bridgehead atoms. The van der Waals surface area contributed by atoms with Crippen LogP contribution in [0.15, 0.2) is 53.1 Å². The van der Waals surface area contributed by atoms with Gasteiger partial charge in [-0.25, -0.2) is 4.68 Å². The van der Waals surface area contributed by atoms with Gasteiger partial charge in [0.15, 0.2) is 11.5 Å². The average molecular weight is 339 g/mol. The molecule has 128 valence electrons. The molecule has 1 amide bonds. The van der Waals surface area contributed by atoms with Gasteiger partial charge in [0.1, 0.15) is 30.5 Å². The van der Waals surface area contributed by atoms with Gasteiger partial charge in [-0.2, -0.15) is 5.10 Å². The zero-order valence-electron chi connectivity index (χ0n) is 13.6. The van der Waals surface area contributed by atoms with Gasteiger partial charge in [0.05, 0.1) is 6.20 Å². The minimum Gasteiger partial charge on any atom is -0.485 e. The van der Waals surface area contributed by atoms with Gasteiger partial charge in [-0.05, 0) is 31.2 Å². The number of carbonyl (C=O) groups excluding carboxylic acids is 1. The second kappa shape index (κ2) is 6.35. The Morgan fingerprint density at radius 1 is 1.24 bits per heavy atom. The van der Waals surface area contributed by atoms with Crippen LogP contribution in [0.5, 0.6) is 11.5 Å². The van der Waals surface area contributed by atoms with E-state index in [1.807, 2.05) is 37.3 Å². The van der Waals surface area contributed by atoms with Crippen molar-refractivity contribution in [3.05, 3.63) is 60.2 Å². The maximum atomic E-state index is 12.5. The molecule has 1 unspecified atom stereocenters. The number of furan rings is 1. The maximum absolute atomic E-state index is 12.5. The van der Waals surface area contributed by atoms with Gasteiger partial charge >= 0.3 is 0 Å². The first-order chi connectivity index (χ1) is 12.2. The number of ether oxygens (including phenoxy) is 2. The fourth-order valence-electron chi connectivity index (χ4n) is 2.64. The van der Waals surface area contributed by atoms with E-state index in [2.05, 4.69) is 10.4 Å². The summed E-state index contributed by atoms with van der Waals surface area (Å²) in [7, 11) is 0. The third kappa shape index (κ3) is 3.21. The van der Waals surface area contributed by atoms with Crippen LogP contribution in [-0.4, -0.2) is 28.4 Å². The number of benzene rings is 1. The van der Waals surface area contributed by atoms with Crippen LogP contribution in [0.4, 0.5) is 5.82 Å². The Bertz CT molecular complexity index is 899. The lowest BCUT2D eigenvalue weighted by atomic mass is 10.2. The Morgan fingerprint density at radius 3 is 2.88 bits per heavy atom. The Balaban J connectivity index is 1.44. The minimum atomic E-state index is -0.718. The maximum Gasteiger partial charge on any atom is 0.270 e. The van der Waals surface area contributed by atoms with E-state index in [9.17, 15) is 4.79 Å². The van der Waals surface area contributed by atoms with Crippen molar-refractivity contribution in [2.24, 2.45) is 0 Å². The average Bonchev–Trinajstić information content (AvgIpc) is 3.24. The summed E-state index contributed by atoms with van der Waals surface area (Å²) >= 11 is 0. The zero-order chi connectivity index (χ0) is 17.2. The molecule has 0 saturated carbocycles. The van der Waals surface area contributed by atoms with E-state index >= 15 is 0 Å². The summed E-state index contributed by atoms with van der Waals surface area (Å²) in [5.41, 5.74) is 0. The number of rotatable bonds is 4. The number of anilines is 1. The van der Waals surface area contributed by atoms with E-state index in [4.69, 9.17) is 13.9 Å². The number of aromatic nitrogens is 2. The molecule has 7 heteroatoms. The van der Waals surface area contributed by atoms with E-state index in [1.165, 1.54) is 0 Å². The number of amides is 1. The van der Waals surface area contributed by atoms with Crippen LogP contribution in [0.25, 0.3) is 0 Å². The largest absolute Gasteiger partial charge is 0.485 e. The molecule has 1 aliphatic heterocycles. The molecular formula is C18H17N3O4. The van der Waals surface area contributed by atoms with Crippen LogP contribution in [0, 0.1) is 6.92 Å². The SMILES string of the molecule is Cc1ccc(Cn2nccc2NC(=O)C2COc3ccccc3O2)o1. The zero-order valence-corrected chi connectivity index (χ0v) is 13.6. The highest BCUT2D eigenvalue weighted by atomic mass is 16.6. The molecule has 0 fully saturated rings. The molecule has 25 heavy (non-hydrogen) atoms. The van der Waals surface area contributed by atoms with E-state index < -0.39 is 6.10 Å². The normalized spacial score (nSPS) is 15.8. The van der Waals surface area contributed by atoms with Gasteiger partial charge in [0.2, 0.25) is 6.10 Å². The van der Waals surface area contributed by atoms with Crippen LogP contribution in [0.1, 0.15) is 11.5 Å². The van der Waals surface area contributed by atoms with Gasteiger partial charge in [-0.3, -0.25) is 4.79 Å². The third-order valence-electron chi connectivity index (χ3n) is 3.87. The van der Waals surface area contributed by atoms with E-state index in [0.717, 1.165) is 11.5 Å². The standard InChI is InChI=1S/C18H17N3O4/c1-12-6-7-13(24-12)10-21-17(8-9-19-21)20-18(22)16-11-23-14-4-2-3-5-15(14)25-16/h2-9,16H,10-11H2,1H3,(H,20,22). The Kier molecular flexibility index (Phi) is 3.89. The first-order valence-corrected chi connectivity index (χ1v) is 7.95. The van der Waals surface area contributed by atoms with E-state index in [-0.39, 0.29) is 12.5 Å². The number of hydrogen-bond donors (Lipinski definition) is 1. The van der Waals surface area contributed by atoms with E-state index in [0.29, 0.717) is 23.9 Å². The van der Waals surface area contributed by atoms with Crippen molar-refractivity contribution in [2.45, 2.75) is 19.6 Å². The lowest BCUT2D eigenvalue weighted by Crippen LogP contribution is -2.40. The quantitative estimate of drug-likeness (QED) is 0.790. The summed E-state index contributed by atoms with van der Waals surface area (Å²) in [5, 5.41) is 7.06. The number of nitrogens with one attached hydrogen (secondary N) is 1. The molecule has 2 aromatic heterocycles. The molecule has 1 atom stereocenters. The predicted octanol–water partition coefficient (Wildman–Crippen LogP) is 2.61. The number of fused-ring (bicyclic) bond motifs is 1. The number of aryl methyl sites for hydroxylation is 1. The van der Waals surface area contributed by atoms with Crippen LogP contribution < -0.4 is 14.8 Å². The number of carbonyl (C=O) groups is 1. The number of nitrogens with zero attached hydrogens (tertiary/aromatic N) is 2. The molecule has 0 aliphatic carbocycles. The summed E-state index contributed by atoms with van der Waals surface area (Å²) in [4.78, 5) is 12.5. The first kappa shape index (κ1) is 15.3. The summed E-state index contributed by atoms with van der Waals surface area (Å²) in [6.07, 6.45) is 0.906. The van der Waals surface area contributed by atoms with Gasteiger partial charge in [-0.15, -0.1) is 0 Å². The Hall–Kier alpha value is -3.22. The van der Waals surface area contributed by atoms with Crippen LogP contribution in [0.2, 0.25) is 0 Å². The molecule has 3 aromatic rings. The minimum absolute atomic E-state index is 0.161. The van der Waals surface area contributed by atoms with Crippen LogP contribution >= 0.6 is 0 Å². The van der Waals surface area contributed by atoms with Crippen molar-refractivity contribution in [1.82, 2.24) is 9.78 Å². The fourth-order valence-corrected chi connectivity index (χ4v) is 2.64. The third-order valence-corrected chi connectivity index (χ3v) is 3.87. The summed E-state index contributed by atoms with van der Waals surface area (Å²) in [5.74, 6) is 3.09. The van der Waals surface area contributed by atoms with Gasteiger partial charge in [0.25, 0.3) is 5.91 Å². The summed E-state index contributed by atoms with van der Waals surface area (Å²) in [6, 6.07) is 12.8. The van der Waals surface area contributed by atoms with Crippen molar-refractivity contribution in [3.8, 4) is 11.5 Å². The second-order valence-electron chi connectivity index (χ2n) is 5.74. The van der Waals surface area contributed by atoms with Gasteiger partial charge in [0, 0.05) is 6.07 Å². The van der Waals surface area contributed by atoms with Gasteiger partial charge in [-0.1, -0.05) is 12.1 Å². The van der Waals surface area contributed by atoms with Crippen molar-refractivity contribution >= 4 is 11.7 Å². The predicted molar refractivity (Wildman–Crippen MR) is 89.8 cm³/mol. The Labute approximate surface area is 144 Å². The Morgan fingerprint density at radius 2 is 2.08 bits per heavy atom. The molecule has 1 N–H and O–H groups in total. The second-order valence-corrected chi connectivity index (χ2v) is 5.74.